The van der Waals surface area contributed by atoms with E-state index < -0.39 is 58.0 Å². The molecule has 0 aliphatic heterocycles. The summed E-state index contributed by atoms with van der Waals surface area (Å²) in [6, 6.07) is 1.49. The van der Waals surface area contributed by atoms with Crippen LogP contribution in [0.25, 0.3) is 5.76 Å². The van der Waals surface area contributed by atoms with Gasteiger partial charge in [-0.05, 0) is 50.6 Å². The van der Waals surface area contributed by atoms with Crippen LogP contribution in [0.4, 0.5) is 0 Å². The lowest BCUT2D eigenvalue weighted by Gasteiger charge is -2.50. The maximum absolute atomic E-state index is 13.7. The lowest BCUT2D eigenvalue weighted by atomic mass is 9.57. The highest BCUT2D eigenvalue weighted by molar-refractivity contribution is 9.09. The summed E-state index contributed by atoms with van der Waals surface area (Å²) < 4.78 is 0. The van der Waals surface area contributed by atoms with Crippen LogP contribution in [-0.2, 0) is 20.8 Å². The Bertz CT molecular complexity index is 1230. The van der Waals surface area contributed by atoms with Crippen molar-refractivity contribution in [2.45, 2.75) is 24.5 Å². The molecular weight excluding hydrogens is 512 g/mol. The molecule has 1 saturated carbocycles. The highest BCUT2D eigenvalue weighted by atomic mass is 79.9. The molecule has 0 radical (unpaired) electrons. The van der Waals surface area contributed by atoms with Crippen LogP contribution in [0.5, 0.6) is 5.75 Å². The molecule has 6 N–H and O–H groups in total. The Morgan fingerprint density at radius 1 is 1.21 bits per heavy atom. The van der Waals surface area contributed by atoms with E-state index in [1.807, 2.05) is 0 Å². The van der Waals surface area contributed by atoms with Crippen LogP contribution in [0.2, 0.25) is 0 Å². The molecule has 3 aliphatic rings. The lowest BCUT2D eigenvalue weighted by molar-refractivity contribution is -0.153. The van der Waals surface area contributed by atoms with Gasteiger partial charge in [-0.1, -0.05) is 15.9 Å². The van der Waals surface area contributed by atoms with Gasteiger partial charge < -0.3 is 26.2 Å². The molecular formula is C23H23BrN2O8. The maximum atomic E-state index is 13.7. The largest absolute Gasteiger partial charge is 0.508 e. The Hall–Kier alpha value is -3.02. The number of carbonyl (C=O) groups is 4. The summed E-state index contributed by atoms with van der Waals surface area (Å²) >= 11 is 3.11. The molecule has 1 unspecified atom stereocenters. The quantitative estimate of drug-likeness (QED) is 0.209. The monoisotopic (exact) mass is 534 g/mol. The fourth-order valence-electron chi connectivity index (χ4n) is 5.58. The second kappa shape index (κ2) is 8.03. The van der Waals surface area contributed by atoms with Crippen molar-refractivity contribution in [1.29, 1.82) is 0 Å². The first kappa shape index (κ1) is 24.1. The summed E-state index contributed by atoms with van der Waals surface area (Å²) in [7, 11) is 3.05. The third-order valence-electron chi connectivity index (χ3n) is 7.03. The van der Waals surface area contributed by atoms with Crippen LogP contribution < -0.4 is 5.73 Å². The number of nitrogens with zero attached hydrogens (tertiary/aromatic N) is 1. The second-order valence-electron chi connectivity index (χ2n) is 9.00. The molecule has 1 aromatic rings. The molecule has 1 fully saturated rings. The minimum absolute atomic E-state index is 0.000706. The lowest BCUT2D eigenvalue weighted by Crippen LogP contribution is -2.65. The number of primary amides is 1. The number of likely N-dealkylation sites (N-methyl/N-ethyl adjacent to an activating group) is 1. The molecule has 3 aliphatic carbocycles. The average Bonchev–Trinajstić information content (AvgIpc) is 2.75. The number of alkyl halides is 1. The van der Waals surface area contributed by atoms with E-state index in [0.717, 1.165) is 0 Å². The molecule has 0 aromatic heterocycles. The number of aliphatic hydroxyl groups is 3. The van der Waals surface area contributed by atoms with Crippen molar-refractivity contribution in [3.8, 4) is 5.75 Å². The number of hydrogen-bond donors (Lipinski definition) is 5. The van der Waals surface area contributed by atoms with E-state index in [4.69, 9.17) is 5.73 Å². The second-order valence-corrected chi connectivity index (χ2v) is 9.56. The van der Waals surface area contributed by atoms with Gasteiger partial charge in [0.25, 0.3) is 5.91 Å². The number of ketones is 3. The number of phenolic OH excluding ortho intramolecular Hbond substituents is 1. The van der Waals surface area contributed by atoms with Gasteiger partial charge in [-0.25, -0.2) is 0 Å². The van der Waals surface area contributed by atoms with Gasteiger partial charge in [0.05, 0.1) is 16.9 Å². The zero-order valence-electron chi connectivity index (χ0n) is 18.3. The summed E-state index contributed by atoms with van der Waals surface area (Å²) in [5, 5.41) is 43.8. The number of fused-ring (bicyclic) bond motifs is 3. The molecule has 34 heavy (non-hydrogen) atoms. The number of Topliss-reactive ketones (excluding diaryl/α,β-unsaturated/α-hetero) is 3. The topological polar surface area (TPSA) is 178 Å². The minimum atomic E-state index is -2.69. The zero-order chi connectivity index (χ0) is 25.3. The molecule has 1 aromatic carbocycles. The van der Waals surface area contributed by atoms with Crippen LogP contribution in [0.1, 0.15) is 27.9 Å². The summed E-state index contributed by atoms with van der Waals surface area (Å²) in [4.78, 5) is 52.6. The molecule has 4 rings (SSSR count). The van der Waals surface area contributed by atoms with E-state index in [1.54, 1.807) is 0 Å². The van der Waals surface area contributed by atoms with Crippen LogP contribution in [0, 0.1) is 11.8 Å². The molecule has 1 amide bonds. The van der Waals surface area contributed by atoms with Gasteiger partial charge in [-0.3, -0.25) is 24.1 Å². The van der Waals surface area contributed by atoms with E-state index in [-0.39, 0.29) is 46.4 Å². The fraction of sp³-hybridized carbons (Fsp3) is 0.391. The molecule has 0 saturated heterocycles. The highest BCUT2D eigenvalue weighted by Crippen LogP contribution is 2.52. The highest BCUT2D eigenvalue weighted by Gasteiger charge is 2.64. The number of aliphatic hydroxyl groups excluding tert-OH is 2. The van der Waals surface area contributed by atoms with E-state index >= 15 is 0 Å². The zero-order valence-corrected chi connectivity index (χ0v) is 19.9. The van der Waals surface area contributed by atoms with Gasteiger partial charge in [-0.15, -0.1) is 0 Å². The molecule has 4 atom stereocenters. The van der Waals surface area contributed by atoms with Crippen molar-refractivity contribution in [3.05, 3.63) is 45.7 Å². The normalized spacial score (nSPS) is 28.6. The van der Waals surface area contributed by atoms with Crippen molar-refractivity contribution in [2.75, 3.05) is 19.4 Å². The van der Waals surface area contributed by atoms with E-state index in [0.29, 0.717) is 5.56 Å². The summed E-state index contributed by atoms with van der Waals surface area (Å²) in [5.74, 6) is -7.54. The van der Waals surface area contributed by atoms with Crippen molar-refractivity contribution < 1.29 is 39.6 Å². The van der Waals surface area contributed by atoms with Gasteiger partial charge in [0.2, 0.25) is 5.78 Å². The van der Waals surface area contributed by atoms with Crippen molar-refractivity contribution in [1.82, 2.24) is 4.90 Å². The van der Waals surface area contributed by atoms with Crippen molar-refractivity contribution in [2.24, 2.45) is 17.6 Å². The number of nitrogens with two attached hydrogens (primary N) is 1. The standard InChI is InChI=1S/C23H23BrN2O8/c1-26(2)17-11-6-8-5-10-9(13(28)7-24)3-4-12(27)15(10)18(29)14(8)20(31)23(11,34)21(32)16(19(17)30)22(25)33/h3-4,8,11,17,27,29,32,34H,5-7H2,1-2H3,(H2,25,33)/t8-,11?,17-,23-/m0/s1. The Morgan fingerprint density at radius 3 is 2.41 bits per heavy atom. The average molecular weight is 535 g/mol. The Morgan fingerprint density at radius 2 is 1.85 bits per heavy atom. The first-order valence-electron chi connectivity index (χ1n) is 10.5. The first-order chi connectivity index (χ1) is 15.9. The molecule has 11 heteroatoms. The van der Waals surface area contributed by atoms with Crippen LogP contribution in [0.15, 0.2) is 29.0 Å². The van der Waals surface area contributed by atoms with Crippen LogP contribution in [0.3, 0.4) is 0 Å². The molecule has 0 bridgehead atoms. The summed E-state index contributed by atoms with van der Waals surface area (Å²) in [6.07, 6.45) is 0.0281. The number of hydrogen-bond acceptors (Lipinski definition) is 9. The molecule has 0 heterocycles. The summed E-state index contributed by atoms with van der Waals surface area (Å²) in [6.45, 7) is 0. The van der Waals surface area contributed by atoms with Crippen molar-refractivity contribution in [3.63, 3.8) is 0 Å². The number of aromatic hydroxyl groups is 1. The SMILES string of the molecule is CN(C)[C@@H]1C(=O)C(C(N)=O)=C(O)[C@@]2(O)C(=O)C3=C(O)c4c(O)ccc(C(=O)CBr)c4C[C@H]3CC12. The van der Waals surface area contributed by atoms with E-state index in [1.165, 1.54) is 31.1 Å². The third kappa shape index (κ3) is 3.07. The first-order valence-corrected chi connectivity index (χ1v) is 11.6. The van der Waals surface area contributed by atoms with Gasteiger partial charge in [-0.2, -0.15) is 0 Å². The predicted octanol–water partition coefficient (Wildman–Crippen LogP) is 0.542. The summed E-state index contributed by atoms with van der Waals surface area (Å²) in [5.41, 5.74) is 1.96. The number of benzene rings is 1. The smallest absolute Gasteiger partial charge is 0.255 e. The molecule has 180 valence electrons. The van der Waals surface area contributed by atoms with Gasteiger partial charge in [0, 0.05) is 17.1 Å². The minimum Gasteiger partial charge on any atom is -0.508 e. The van der Waals surface area contributed by atoms with Crippen LogP contribution in [-0.4, -0.2) is 79.7 Å². The molecule has 10 nitrogen and oxygen atoms in total. The van der Waals surface area contributed by atoms with E-state index in [2.05, 4.69) is 15.9 Å². The van der Waals surface area contributed by atoms with Gasteiger partial charge >= 0.3 is 0 Å². The van der Waals surface area contributed by atoms with Gasteiger partial charge in [0.1, 0.15) is 22.8 Å². The number of phenols is 1. The van der Waals surface area contributed by atoms with E-state index in [9.17, 15) is 39.6 Å². The predicted molar refractivity (Wildman–Crippen MR) is 122 cm³/mol. The fourth-order valence-corrected chi connectivity index (χ4v) is 5.88. The Labute approximate surface area is 202 Å². The number of amides is 1. The molecule has 0 spiro atoms. The van der Waals surface area contributed by atoms with Gasteiger partial charge in [0.15, 0.2) is 17.2 Å². The number of rotatable bonds is 4. The maximum Gasteiger partial charge on any atom is 0.255 e. The van der Waals surface area contributed by atoms with Crippen LogP contribution >= 0.6 is 15.9 Å². The van der Waals surface area contributed by atoms with Crippen molar-refractivity contribution >= 4 is 44.9 Å². The Balaban J connectivity index is 1.99. The third-order valence-corrected chi connectivity index (χ3v) is 7.54. The number of carbonyl (C=O) groups excluding carboxylic acids is 4. The number of halogens is 1. The Kier molecular flexibility index (Phi) is 5.70.